The van der Waals surface area contributed by atoms with Crippen molar-refractivity contribution >= 4 is 17.6 Å². The molecule has 0 aromatic heterocycles. The number of benzene rings is 1. The lowest BCUT2D eigenvalue weighted by molar-refractivity contribution is -0.146. The summed E-state index contributed by atoms with van der Waals surface area (Å²) in [6, 6.07) is 5.50. The Hall–Kier alpha value is -1.22. The van der Waals surface area contributed by atoms with Crippen LogP contribution in [0.4, 0.5) is 0 Å². The third-order valence-corrected chi connectivity index (χ3v) is 4.08. The van der Waals surface area contributed by atoms with Gasteiger partial charge >= 0.3 is 5.97 Å². The number of ether oxygens (including phenoxy) is 1. The number of hydrogen-bond donors (Lipinski definition) is 1. The third-order valence-electron chi connectivity index (χ3n) is 3.87. The molecule has 1 N–H and O–H groups in total. The molecule has 1 aliphatic rings. The summed E-state index contributed by atoms with van der Waals surface area (Å²) in [4.78, 5) is 11.2. The van der Waals surface area contributed by atoms with Crippen LogP contribution in [0.5, 0.6) is 5.75 Å². The molecule has 1 fully saturated rings. The van der Waals surface area contributed by atoms with E-state index in [0.29, 0.717) is 17.4 Å². The normalized spacial score (nSPS) is 15.8. The van der Waals surface area contributed by atoms with Crippen molar-refractivity contribution in [2.75, 3.05) is 6.61 Å². The van der Waals surface area contributed by atoms with Crippen molar-refractivity contribution in [3.63, 3.8) is 0 Å². The van der Waals surface area contributed by atoms with Gasteiger partial charge < -0.3 is 9.84 Å². The number of carboxylic acid groups (broad SMARTS) is 1. The predicted octanol–water partition coefficient (Wildman–Crippen LogP) is 4.17. The van der Waals surface area contributed by atoms with E-state index >= 15 is 0 Å². The number of carboxylic acids is 1. The van der Waals surface area contributed by atoms with Crippen LogP contribution >= 0.6 is 11.6 Å². The van der Waals surface area contributed by atoms with Gasteiger partial charge in [-0.3, -0.25) is 4.79 Å². The fourth-order valence-corrected chi connectivity index (χ4v) is 2.51. The molecule has 20 heavy (non-hydrogen) atoms. The van der Waals surface area contributed by atoms with E-state index in [1.165, 1.54) is 19.3 Å². The number of hydrogen-bond acceptors (Lipinski definition) is 2. The zero-order chi connectivity index (χ0) is 14.8. The van der Waals surface area contributed by atoms with E-state index in [1.807, 2.05) is 12.1 Å². The van der Waals surface area contributed by atoms with Crippen molar-refractivity contribution in [3.8, 4) is 5.75 Å². The fraction of sp³-hybridized carbons (Fsp3) is 0.562. The van der Waals surface area contributed by atoms with E-state index in [9.17, 15) is 9.90 Å². The summed E-state index contributed by atoms with van der Waals surface area (Å²) in [5.41, 5.74) is 0.0872. The maximum absolute atomic E-state index is 11.2. The lowest BCUT2D eigenvalue weighted by Gasteiger charge is -2.25. The molecule has 0 saturated heterocycles. The van der Waals surface area contributed by atoms with Crippen LogP contribution in [0.3, 0.4) is 0 Å². The van der Waals surface area contributed by atoms with Gasteiger partial charge in [0.1, 0.15) is 5.75 Å². The van der Waals surface area contributed by atoms with Crippen LogP contribution in [0.2, 0.25) is 5.02 Å². The standard InChI is InChI=1S/C16H21ClO3/c1-16(2,15(18)19)9-12-6-13(17)8-14(7-12)20-10-11-4-3-5-11/h6-8,11H,3-5,9-10H2,1-2H3,(H,18,19). The van der Waals surface area contributed by atoms with Crippen LogP contribution in [0.25, 0.3) is 0 Å². The average Bonchev–Trinajstić information content (AvgIpc) is 2.25. The Morgan fingerprint density at radius 2 is 2.10 bits per heavy atom. The maximum atomic E-state index is 11.2. The van der Waals surface area contributed by atoms with Gasteiger partial charge in [0, 0.05) is 5.02 Å². The predicted molar refractivity (Wildman–Crippen MR) is 79.4 cm³/mol. The molecule has 0 bridgehead atoms. The van der Waals surface area contributed by atoms with Gasteiger partial charge in [-0.25, -0.2) is 0 Å². The van der Waals surface area contributed by atoms with Gasteiger partial charge in [-0.15, -0.1) is 0 Å². The Bertz CT molecular complexity index is 492. The van der Waals surface area contributed by atoms with Crippen LogP contribution in [0.1, 0.15) is 38.7 Å². The minimum Gasteiger partial charge on any atom is -0.493 e. The molecule has 4 heteroatoms. The first kappa shape index (κ1) is 15.2. The molecule has 1 aromatic rings. The molecule has 1 aliphatic carbocycles. The Balaban J connectivity index is 2.05. The minimum absolute atomic E-state index is 0.433. The molecule has 0 heterocycles. The summed E-state index contributed by atoms with van der Waals surface area (Å²) in [6.07, 6.45) is 4.20. The molecule has 0 atom stereocenters. The Morgan fingerprint density at radius 1 is 1.40 bits per heavy atom. The molecule has 0 aliphatic heterocycles. The van der Waals surface area contributed by atoms with Gasteiger partial charge in [-0.2, -0.15) is 0 Å². The molecule has 0 unspecified atom stereocenters. The lowest BCUT2D eigenvalue weighted by atomic mass is 9.86. The Kier molecular flexibility index (Phi) is 4.59. The molecular weight excluding hydrogens is 276 g/mol. The van der Waals surface area contributed by atoms with Crippen LogP contribution in [0, 0.1) is 11.3 Å². The van der Waals surface area contributed by atoms with Gasteiger partial charge in [0.15, 0.2) is 0 Å². The third kappa shape index (κ3) is 3.89. The Labute approximate surface area is 124 Å². The van der Waals surface area contributed by atoms with E-state index in [4.69, 9.17) is 16.3 Å². The van der Waals surface area contributed by atoms with Gasteiger partial charge in [-0.05, 0) is 62.8 Å². The van der Waals surface area contributed by atoms with E-state index in [1.54, 1.807) is 19.9 Å². The minimum atomic E-state index is -0.811. The molecule has 2 rings (SSSR count). The summed E-state index contributed by atoms with van der Waals surface area (Å²) in [5, 5.41) is 9.78. The number of halogens is 1. The van der Waals surface area contributed by atoms with E-state index < -0.39 is 11.4 Å². The largest absolute Gasteiger partial charge is 0.493 e. The van der Waals surface area contributed by atoms with Crippen LogP contribution in [-0.4, -0.2) is 17.7 Å². The van der Waals surface area contributed by atoms with Crippen molar-refractivity contribution < 1.29 is 14.6 Å². The number of rotatable bonds is 6. The van der Waals surface area contributed by atoms with Crippen molar-refractivity contribution in [1.29, 1.82) is 0 Å². The molecule has 1 aromatic carbocycles. The number of carbonyl (C=O) groups is 1. The highest BCUT2D eigenvalue weighted by Crippen LogP contribution is 2.30. The van der Waals surface area contributed by atoms with Crippen molar-refractivity contribution in [2.24, 2.45) is 11.3 Å². The summed E-state index contributed by atoms with van der Waals surface area (Å²) < 4.78 is 5.77. The average molecular weight is 297 g/mol. The zero-order valence-corrected chi connectivity index (χ0v) is 12.7. The maximum Gasteiger partial charge on any atom is 0.309 e. The van der Waals surface area contributed by atoms with Gasteiger partial charge in [0.25, 0.3) is 0 Å². The van der Waals surface area contributed by atoms with E-state index in [-0.39, 0.29) is 0 Å². The second-order valence-electron chi connectivity index (χ2n) is 6.27. The topological polar surface area (TPSA) is 46.5 Å². The molecule has 0 amide bonds. The zero-order valence-electron chi connectivity index (χ0n) is 12.0. The highest BCUT2D eigenvalue weighted by atomic mass is 35.5. The fourth-order valence-electron chi connectivity index (χ4n) is 2.27. The van der Waals surface area contributed by atoms with E-state index in [2.05, 4.69) is 0 Å². The lowest BCUT2D eigenvalue weighted by Crippen LogP contribution is -2.26. The first-order valence-corrected chi connectivity index (χ1v) is 7.40. The highest BCUT2D eigenvalue weighted by molar-refractivity contribution is 6.30. The molecular formula is C16H21ClO3. The van der Waals surface area contributed by atoms with Gasteiger partial charge in [-0.1, -0.05) is 18.0 Å². The second kappa shape index (κ2) is 6.04. The van der Waals surface area contributed by atoms with Crippen molar-refractivity contribution in [3.05, 3.63) is 28.8 Å². The van der Waals surface area contributed by atoms with E-state index in [0.717, 1.165) is 17.9 Å². The van der Waals surface area contributed by atoms with Crippen LogP contribution in [-0.2, 0) is 11.2 Å². The smallest absolute Gasteiger partial charge is 0.309 e. The SMILES string of the molecule is CC(C)(Cc1cc(Cl)cc(OCC2CCC2)c1)C(=O)O. The van der Waals surface area contributed by atoms with Gasteiger partial charge in [0.05, 0.1) is 12.0 Å². The van der Waals surface area contributed by atoms with Crippen molar-refractivity contribution in [2.45, 2.75) is 39.5 Å². The van der Waals surface area contributed by atoms with Crippen LogP contribution < -0.4 is 4.74 Å². The summed E-state index contributed by atoms with van der Waals surface area (Å²) in [6.45, 7) is 4.15. The monoisotopic (exact) mass is 296 g/mol. The molecule has 1 saturated carbocycles. The first-order chi connectivity index (χ1) is 9.37. The Morgan fingerprint density at radius 3 is 2.65 bits per heavy atom. The first-order valence-electron chi connectivity index (χ1n) is 7.02. The summed E-state index contributed by atoms with van der Waals surface area (Å²) in [7, 11) is 0. The number of aliphatic carboxylic acids is 1. The van der Waals surface area contributed by atoms with Crippen molar-refractivity contribution in [1.82, 2.24) is 0 Å². The van der Waals surface area contributed by atoms with Crippen LogP contribution in [0.15, 0.2) is 18.2 Å². The highest BCUT2D eigenvalue weighted by Gasteiger charge is 2.27. The molecule has 110 valence electrons. The summed E-state index contributed by atoms with van der Waals surface area (Å²) >= 11 is 6.09. The molecule has 0 spiro atoms. The van der Waals surface area contributed by atoms with Gasteiger partial charge in [0.2, 0.25) is 0 Å². The quantitative estimate of drug-likeness (QED) is 0.857. The summed E-state index contributed by atoms with van der Waals surface area (Å²) in [5.74, 6) is 0.586. The molecule has 3 nitrogen and oxygen atoms in total. The molecule has 0 radical (unpaired) electrons. The second-order valence-corrected chi connectivity index (χ2v) is 6.71.